The minimum atomic E-state index is -1.13. The van der Waals surface area contributed by atoms with Crippen molar-refractivity contribution in [2.45, 2.75) is 19.8 Å². The van der Waals surface area contributed by atoms with Crippen LogP contribution in [-0.2, 0) is 4.79 Å². The Morgan fingerprint density at radius 1 is 1.11 bits per heavy atom. The number of nitrogens with two attached hydrogens (primary N) is 1. The van der Waals surface area contributed by atoms with Crippen LogP contribution in [0, 0.1) is 5.82 Å². The van der Waals surface area contributed by atoms with Crippen molar-refractivity contribution >= 4 is 23.8 Å². The Morgan fingerprint density at radius 3 is 2.43 bits per heavy atom. The molecule has 3 aromatic rings. The molecule has 0 saturated carbocycles. The first-order chi connectivity index (χ1) is 13.5. The fourth-order valence-electron chi connectivity index (χ4n) is 2.77. The van der Waals surface area contributed by atoms with Crippen molar-refractivity contribution in [3.63, 3.8) is 0 Å². The van der Waals surface area contributed by atoms with Gasteiger partial charge in [-0.3, -0.25) is 14.6 Å². The molecule has 2 aromatic carbocycles. The van der Waals surface area contributed by atoms with Crippen molar-refractivity contribution in [2.75, 3.05) is 0 Å². The highest BCUT2D eigenvalue weighted by Crippen LogP contribution is 2.32. The monoisotopic (exact) mass is 398 g/mol. The Morgan fingerprint density at radius 2 is 1.79 bits per heavy atom. The summed E-state index contributed by atoms with van der Waals surface area (Å²) in [5, 5.41) is 0.101. The Hall–Kier alpha value is -3.05. The molecule has 0 aliphatic carbocycles. The molecule has 3 rings (SSSR count). The van der Waals surface area contributed by atoms with Crippen molar-refractivity contribution in [3.8, 4) is 11.3 Å². The van der Waals surface area contributed by atoms with E-state index in [0.717, 1.165) is 6.29 Å². The highest BCUT2D eigenvalue weighted by Gasteiger charge is 2.27. The molecule has 0 aliphatic rings. The van der Waals surface area contributed by atoms with Gasteiger partial charge in [-0.05, 0) is 30.3 Å². The molecule has 28 heavy (non-hydrogen) atoms. The number of rotatable bonds is 5. The third-order valence-electron chi connectivity index (χ3n) is 3.96. The topological polar surface area (TPSA) is 73.1 Å². The van der Waals surface area contributed by atoms with E-state index in [9.17, 15) is 14.0 Å². The van der Waals surface area contributed by atoms with E-state index in [1.165, 1.54) is 18.2 Å². The molecular formula is C22H20ClFN2O2. The predicted octanol–water partition coefficient (Wildman–Crippen LogP) is 5.00. The lowest BCUT2D eigenvalue weighted by atomic mass is 9.93. The number of primary amides is 1. The molecular weight excluding hydrogens is 379 g/mol. The van der Waals surface area contributed by atoms with Gasteiger partial charge >= 0.3 is 0 Å². The number of aromatic nitrogens is 1. The summed E-state index contributed by atoms with van der Waals surface area (Å²) in [7, 11) is 0. The van der Waals surface area contributed by atoms with Crippen LogP contribution < -0.4 is 5.73 Å². The lowest BCUT2D eigenvalue weighted by Gasteiger charge is -2.16. The average Bonchev–Trinajstić information content (AvgIpc) is 2.72. The van der Waals surface area contributed by atoms with Gasteiger partial charge in [0.15, 0.2) is 0 Å². The molecule has 6 heteroatoms. The second kappa shape index (κ2) is 9.76. The SMILES string of the molecule is CC.NC(=O)C(c1cccc(-c2cccc(C=O)c2)n1)c1c(F)cccc1Cl. The summed E-state index contributed by atoms with van der Waals surface area (Å²) in [5.41, 5.74) is 7.52. The molecule has 144 valence electrons. The summed E-state index contributed by atoms with van der Waals surface area (Å²) in [5.74, 6) is -2.52. The maximum absolute atomic E-state index is 14.3. The molecule has 0 saturated heterocycles. The number of benzene rings is 2. The summed E-state index contributed by atoms with van der Waals surface area (Å²) < 4.78 is 14.3. The van der Waals surface area contributed by atoms with Crippen LogP contribution in [0.4, 0.5) is 4.39 Å². The minimum Gasteiger partial charge on any atom is -0.369 e. The highest BCUT2D eigenvalue weighted by atomic mass is 35.5. The van der Waals surface area contributed by atoms with Crippen LogP contribution in [0.3, 0.4) is 0 Å². The molecule has 0 radical (unpaired) electrons. The zero-order valence-electron chi connectivity index (χ0n) is 15.5. The minimum absolute atomic E-state index is 0.00652. The van der Waals surface area contributed by atoms with Crippen molar-refractivity contribution in [2.24, 2.45) is 5.73 Å². The second-order valence-electron chi connectivity index (χ2n) is 5.66. The van der Waals surface area contributed by atoms with Crippen LogP contribution in [0.15, 0.2) is 60.7 Å². The third kappa shape index (κ3) is 4.61. The number of hydrogen-bond donors (Lipinski definition) is 1. The van der Waals surface area contributed by atoms with Crippen molar-refractivity contribution < 1.29 is 14.0 Å². The maximum Gasteiger partial charge on any atom is 0.231 e. The Bertz CT molecular complexity index is 972. The number of pyridine rings is 1. The van der Waals surface area contributed by atoms with E-state index < -0.39 is 17.6 Å². The van der Waals surface area contributed by atoms with Gasteiger partial charge in [0.1, 0.15) is 18.0 Å². The summed E-state index contributed by atoms with van der Waals surface area (Å²) in [6.07, 6.45) is 0.735. The van der Waals surface area contributed by atoms with Gasteiger partial charge in [0.05, 0.1) is 11.4 Å². The molecule has 0 spiro atoms. The molecule has 1 aromatic heterocycles. The van der Waals surface area contributed by atoms with Gasteiger partial charge in [-0.25, -0.2) is 4.39 Å². The zero-order valence-corrected chi connectivity index (χ0v) is 16.3. The third-order valence-corrected chi connectivity index (χ3v) is 4.29. The zero-order chi connectivity index (χ0) is 20.7. The standard InChI is InChI=1S/C20H14ClFN2O2.C2H6/c21-14-6-2-7-15(22)18(14)19(20(23)26)17-9-3-8-16(24-17)13-5-1-4-12(10-13)11-25;1-2/h1-11,19H,(H2,23,26);1-2H3. The van der Waals surface area contributed by atoms with Crippen LogP contribution >= 0.6 is 11.6 Å². The van der Waals surface area contributed by atoms with Crippen molar-refractivity contribution in [1.82, 2.24) is 4.98 Å². The number of carbonyl (C=O) groups excluding carboxylic acids is 2. The van der Waals surface area contributed by atoms with Gasteiger partial charge in [0, 0.05) is 21.7 Å². The van der Waals surface area contributed by atoms with Crippen LogP contribution in [0.1, 0.15) is 41.4 Å². The normalized spacial score (nSPS) is 11.1. The molecule has 1 amide bonds. The summed E-state index contributed by atoms with van der Waals surface area (Å²) >= 11 is 6.10. The predicted molar refractivity (Wildman–Crippen MR) is 109 cm³/mol. The quantitative estimate of drug-likeness (QED) is 0.615. The van der Waals surface area contributed by atoms with E-state index in [0.29, 0.717) is 16.8 Å². The van der Waals surface area contributed by atoms with E-state index in [2.05, 4.69) is 4.98 Å². The van der Waals surface area contributed by atoms with Gasteiger partial charge < -0.3 is 5.73 Å². The molecule has 0 bridgehead atoms. The van der Waals surface area contributed by atoms with E-state index in [4.69, 9.17) is 17.3 Å². The molecule has 2 N–H and O–H groups in total. The summed E-state index contributed by atoms with van der Waals surface area (Å²) in [6, 6.07) is 16.0. The molecule has 1 atom stereocenters. The number of carbonyl (C=O) groups is 2. The number of amides is 1. The summed E-state index contributed by atoms with van der Waals surface area (Å²) in [6.45, 7) is 4.00. The lowest BCUT2D eigenvalue weighted by molar-refractivity contribution is -0.118. The van der Waals surface area contributed by atoms with Crippen molar-refractivity contribution in [3.05, 3.63) is 88.3 Å². The Balaban J connectivity index is 0.00000136. The van der Waals surface area contributed by atoms with Gasteiger partial charge in [-0.1, -0.05) is 55.8 Å². The first kappa shape index (κ1) is 21.3. The van der Waals surface area contributed by atoms with E-state index in [1.54, 1.807) is 42.5 Å². The fraction of sp³-hybridized carbons (Fsp3) is 0.136. The molecule has 1 heterocycles. The van der Waals surface area contributed by atoms with Crippen molar-refractivity contribution in [1.29, 1.82) is 0 Å². The van der Waals surface area contributed by atoms with Crippen LogP contribution in [0.5, 0.6) is 0 Å². The Kier molecular flexibility index (Phi) is 7.41. The van der Waals surface area contributed by atoms with E-state index >= 15 is 0 Å². The van der Waals surface area contributed by atoms with E-state index in [1.807, 2.05) is 13.8 Å². The van der Waals surface area contributed by atoms with Gasteiger partial charge in [0.2, 0.25) is 5.91 Å². The van der Waals surface area contributed by atoms with Crippen LogP contribution in [0.2, 0.25) is 5.02 Å². The second-order valence-corrected chi connectivity index (χ2v) is 6.07. The fourth-order valence-corrected chi connectivity index (χ4v) is 3.04. The number of nitrogens with zero attached hydrogens (tertiary/aromatic N) is 1. The molecule has 1 unspecified atom stereocenters. The smallest absolute Gasteiger partial charge is 0.231 e. The first-order valence-corrected chi connectivity index (χ1v) is 9.15. The highest BCUT2D eigenvalue weighted by molar-refractivity contribution is 6.31. The number of halogens is 2. The van der Waals surface area contributed by atoms with Crippen LogP contribution in [-0.4, -0.2) is 17.2 Å². The van der Waals surface area contributed by atoms with Gasteiger partial charge in [0.25, 0.3) is 0 Å². The van der Waals surface area contributed by atoms with E-state index in [-0.39, 0.29) is 16.3 Å². The lowest BCUT2D eigenvalue weighted by Crippen LogP contribution is -2.24. The number of hydrogen-bond acceptors (Lipinski definition) is 3. The first-order valence-electron chi connectivity index (χ1n) is 8.77. The van der Waals surface area contributed by atoms with Gasteiger partial charge in [-0.2, -0.15) is 0 Å². The number of aldehydes is 1. The largest absolute Gasteiger partial charge is 0.369 e. The van der Waals surface area contributed by atoms with Gasteiger partial charge in [-0.15, -0.1) is 0 Å². The summed E-state index contributed by atoms with van der Waals surface area (Å²) in [4.78, 5) is 27.5. The molecule has 4 nitrogen and oxygen atoms in total. The molecule has 0 fully saturated rings. The van der Waals surface area contributed by atoms with Crippen LogP contribution in [0.25, 0.3) is 11.3 Å². The maximum atomic E-state index is 14.3. The Labute approximate surface area is 168 Å². The average molecular weight is 399 g/mol. The molecule has 0 aliphatic heterocycles.